The minimum atomic E-state index is -0.361. The van der Waals surface area contributed by atoms with Crippen LogP contribution in [0.1, 0.15) is 46.5 Å². The van der Waals surface area contributed by atoms with Crippen LogP contribution in [0.3, 0.4) is 0 Å². The third kappa shape index (κ3) is 3.22. The summed E-state index contributed by atoms with van der Waals surface area (Å²) in [5, 5.41) is 2.79. The molecule has 5 nitrogen and oxygen atoms in total. The Morgan fingerprint density at radius 2 is 2.20 bits per heavy atom. The first kappa shape index (κ1) is 18.1. The molecule has 1 aromatic rings. The maximum atomic E-state index is 12.0. The molecule has 1 aromatic heterocycles. The predicted octanol–water partition coefficient (Wildman–Crippen LogP) is 4.32. The van der Waals surface area contributed by atoms with Gasteiger partial charge < -0.3 is 19.2 Å². The average molecular weight is 347 g/mol. The number of carbonyl (C=O) groups is 1. The van der Waals surface area contributed by atoms with Crippen LogP contribution in [0.15, 0.2) is 34.5 Å². The molecule has 0 saturated carbocycles. The third-order valence-electron chi connectivity index (χ3n) is 5.95. The van der Waals surface area contributed by atoms with E-state index in [2.05, 4.69) is 32.2 Å². The molecule has 1 fully saturated rings. The van der Waals surface area contributed by atoms with Gasteiger partial charge in [-0.05, 0) is 44.7 Å². The number of hydrogen-bond donors (Lipinski definition) is 1. The van der Waals surface area contributed by atoms with Crippen molar-refractivity contribution in [1.29, 1.82) is 0 Å². The predicted molar refractivity (Wildman–Crippen MR) is 95.0 cm³/mol. The summed E-state index contributed by atoms with van der Waals surface area (Å²) in [6.07, 6.45) is 3.56. The summed E-state index contributed by atoms with van der Waals surface area (Å²) in [5.41, 5.74) is 1.12. The van der Waals surface area contributed by atoms with Gasteiger partial charge in [-0.15, -0.1) is 0 Å². The highest BCUT2D eigenvalue weighted by molar-refractivity contribution is 5.67. The molecule has 1 aliphatic heterocycles. The van der Waals surface area contributed by atoms with Crippen molar-refractivity contribution < 1.29 is 18.7 Å². The van der Waals surface area contributed by atoms with E-state index >= 15 is 0 Å². The molecule has 5 atom stereocenters. The molecule has 2 aliphatic rings. The van der Waals surface area contributed by atoms with Crippen LogP contribution in [-0.2, 0) is 9.47 Å². The van der Waals surface area contributed by atoms with Gasteiger partial charge in [0.1, 0.15) is 18.5 Å². The Labute approximate surface area is 149 Å². The molecule has 3 rings (SSSR count). The number of alkyl carbamates (subject to hydrolysis) is 1. The van der Waals surface area contributed by atoms with Gasteiger partial charge in [0.05, 0.1) is 12.9 Å². The Hall–Kier alpha value is -1.75. The molecule has 1 saturated heterocycles. The Morgan fingerprint density at radius 3 is 2.84 bits per heavy atom. The number of amides is 1. The number of furan rings is 1. The average Bonchev–Trinajstić information content (AvgIpc) is 3.05. The Kier molecular flexibility index (Phi) is 4.96. The fourth-order valence-corrected chi connectivity index (χ4v) is 4.44. The SMILES string of the molecule is CC1=C[C@H](C)[C@]2(COC(=O)NC(C)C)CO[C@@H](c3ccco3)[C@@H]1[C@H]2C. The summed E-state index contributed by atoms with van der Waals surface area (Å²) in [5.74, 6) is 1.70. The molecule has 5 heteroatoms. The number of allylic oxidation sites excluding steroid dienone is 1. The first-order valence-electron chi connectivity index (χ1n) is 9.12. The van der Waals surface area contributed by atoms with Gasteiger partial charge in [0.15, 0.2) is 0 Å². The van der Waals surface area contributed by atoms with E-state index in [1.165, 1.54) is 5.57 Å². The van der Waals surface area contributed by atoms with Gasteiger partial charge in [0, 0.05) is 17.4 Å². The second-order valence-corrected chi connectivity index (χ2v) is 7.87. The fraction of sp³-hybridized carbons (Fsp3) is 0.650. The van der Waals surface area contributed by atoms with E-state index in [-0.39, 0.29) is 35.5 Å². The third-order valence-corrected chi connectivity index (χ3v) is 5.95. The summed E-state index contributed by atoms with van der Waals surface area (Å²) in [4.78, 5) is 12.0. The van der Waals surface area contributed by atoms with Crippen LogP contribution in [0.4, 0.5) is 4.79 Å². The van der Waals surface area contributed by atoms with Gasteiger partial charge >= 0.3 is 6.09 Å². The second-order valence-electron chi connectivity index (χ2n) is 7.87. The summed E-state index contributed by atoms with van der Waals surface area (Å²) in [6.45, 7) is 11.4. The second kappa shape index (κ2) is 6.87. The van der Waals surface area contributed by atoms with Crippen molar-refractivity contribution in [3.63, 3.8) is 0 Å². The minimum absolute atomic E-state index is 0.0621. The molecule has 0 aromatic carbocycles. The number of hydrogen-bond acceptors (Lipinski definition) is 4. The van der Waals surface area contributed by atoms with Gasteiger partial charge in [0.25, 0.3) is 0 Å². The molecule has 0 unspecified atom stereocenters. The lowest BCUT2D eigenvalue weighted by Crippen LogP contribution is -2.54. The number of nitrogens with one attached hydrogen (secondary N) is 1. The van der Waals surface area contributed by atoms with Crippen LogP contribution in [0.25, 0.3) is 0 Å². The quantitative estimate of drug-likeness (QED) is 0.824. The van der Waals surface area contributed by atoms with E-state index < -0.39 is 0 Å². The zero-order chi connectivity index (χ0) is 18.2. The van der Waals surface area contributed by atoms with E-state index in [0.29, 0.717) is 19.1 Å². The summed E-state index contributed by atoms with van der Waals surface area (Å²) < 4.78 is 17.5. The van der Waals surface area contributed by atoms with E-state index in [9.17, 15) is 4.79 Å². The molecule has 0 spiro atoms. The van der Waals surface area contributed by atoms with Crippen LogP contribution >= 0.6 is 0 Å². The highest BCUT2D eigenvalue weighted by Crippen LogP contribution is 2.56. The normalized spacial score (nSPS) is 34.6. The molecule has 25 heavy (non-hydrogen) atoms. The molecular weight excluding hydrogens is 318 g/mol. The van der Waals surface area contributed by atoms with Crippen molar-refractivity contribution >= 4 is 6.09 Å². The lowest BCUT2D eigenvalue weighted by atomic mass is 9.56. The van der Waals surface area contributed by atoms with Gasteiger partial charge in [-0.3, -0.25) is 0 Å². The van der Waals surface area contributed by atoms with Crippen molar-refractivity contribution in [2.75, 3.05) is 13.2 Å². The van der Waals surface area contributed by atoms with E-state index in [4.69, 9.17) is 13.9 Å². The van der Waals surface area contributed by atoms with Crippen LogP contribution in [0.2, 0.25) is 0 Å². The lowest BCUT2D eigenvalue weighted by Gasteiger charge is -2.54. The summed E-state index contributed by atoms with van der Waals surface area (Å²) in [6, 6.07) is 3.93. The Morgan fingerprint density at radius 1 is 1.44 bits per heavy atom. The van der Waals surface area contributed by atoms with Crippen molar-refractivity contribution in [3.8, 4) is 0 Å². The first-order valence-corrected chi connectivity index (χ1v) is 9.12. The van der Waals surface area contributed by atoms with E-state index in [1.54, 1.807) is 6.26 Å². The minimum Gasteiger partial charge on any atom is -0.467 e. The molecule has 0 radical (unpaired) electrons. The summed E-state index contributed by atoms with van der Waals surface area (Å²) in [7, 11) is 0. The van der Waals surface area contributed by atoms with Gasteiger partial charge in [-0.25, -0.2) is 4.79 Å². The van der Waals surface area contributed by atoms with Crippen molar-refractivity contribution in [2.45, 2.75) is 46.8 Å². The largest absolute Gasteiger partial charge is 0.467 e. The van der Waals surface area contributed by atoms with Crippen LogP contribution in [0, 0.1) is 23.2 Å². The van der Waals surface area contributed by atoms with Crippen molar-refractivity contribution in [3.05, 3.63) is 35.8 Å². The van der Waals surface area contributed by atoms with E-state index in [1.807, 2.05) is 26.0 Å². The highest BCUT2D eigenvalue weighted by atomic mass is 16.6. The van der Waals surface area contributed by atoms with E-state index in [0.717, 1.165) is 5.76 Å². The molecule has 1 aliphatic carbocycles. The lowest BCUT2D eigenvalue weighted by molar-refractivity contribution is -0.170. The number of carbonyl (C=O) groups excluding carboxylic acids is 1. The standard InChI is InChI=1S/C20H29NO4/c1-12(2)21-19(22)25-11-20-10-24-18(16-7-6-8-23-16)17(15(20)5)13(3)9-14(20)4/h6-9,12,14-15,17-18H,10-11H2,1-5H3,(H,21,22)/t14-,15+,17-,18-,20+/m0/s1. The molecular formula is C20H29NO4. The topological polar surface area (TPSA) is 60.7 Å². The molecule has 1 amide bonds. The Balaban J connectivity index is 1.82. The molecule has 1 N–H and O–H groups in total. The summed E-state index contributed by atoms with van der Waals surface area (Å²) >= 11 is 0. The van der Waals surface area contributed by atoms with Gasteiger partial charge in [0.2, 0.25) is 0 Å². The zero-order valence-electron chi connectivity index (χ0n) is 15.7. The van der Waals surface area contributed by atoms with Crippen molar-refractivity contribution in [1.82, 2.24) is 5.32 Å². The molecule has 2 heterocycles. The monoisotopic (exact) mass is 347 g/mol. The first-order chi connectivity index (χ1) is 11.8. The number of rotatable bonds is 4. The Bertz CT molecular complexity index is 636. The van der Waals surface area contributed by atoms with Crippen molar-refractivity contribution in [2.24, 2.45) is 23.2 Å². The number of fused-ring (bicyclic) bond motifs is 2. The smallest absolute Gasteiger partial charge is 0.407 e. The van der Waals surface area contributed by atoms with Gasteiger partial charge in [-0.1, -0.05) is 25.5 Å². The molecule has 2 bridgehead atoms. The zero-order valence-corrected chi connectivity index (χ0v) is 15.7. The molecule has 138 valence electrons. The highest BCUT2D eigenvalue weighted by Gasteiger charge is 2.55. The van der Waals surface area contributed by atoms with Gasteiger partial charge in [-0.2, -0.15) is 0 Å². The maximum Gasteiger partial charge on any atom is 0.407 e. The number of ether oxygens (including phenoxy) is 2. The fourth-order valence-electron chi connectivity index (χ4n) is 4.44. The van der Waals surface area contributed by atoms with Crippen LogP contribution in [0.5, 0.6) is 0 Å². The maximum absolute atomic E-state index is 12.0. The van der Waals surface area contributed by atoms with Crippen LogP contribution < -0.4 is 5.32 Å². The van der Waals surface area contributed by atoms with Crippen LogP contribution in [-0.4, -0.2) is 25.3 Å².